The molecule has 2 aromatic carbocycles. The second-order valence-corrected chi connectivity index (χ2v) is 5.46. The van der Waals surface area contributed by atoms with E-state index in [1.54, 1.807) is 18.2 Å². The van der Waals surface area contributed by atoms with Gasteiger partial charge in [0.2, 0.25) is 0 Å². The number of hydrogen-bond acceptors (Lipinski definition) is 5. The Morgan fingerprint density at radius 3 is 2.33 bits per heavy atom. The van der Waals surface area contributed by atoms with Crippen LogP contribution in [0, 0.1) is 6.92 Å². The van der Waals surface area contributed by atoms with Gasteiger partial charge in [-0.2, -0.15) is 0 Å². The van der Waals surface area contributed by atoms with Crippen molar-refractivity contribution in [3.63, 3.8) is 0 Å². The second-order valence-electron chi connectivity index (χ2n) is 5.46. The standard InChI is InChI=1S/C19H23NO4/c1-14-5-8-16(9-6-14)23-11-3-4-12-24-18-13-15(19(21)22-2)7-10-17(18)20/h5-10,13H,3-4,11-12,20H2,1-2H3. The molecule has 128 valence electrons. The third-order valence-electron chi connectivity index (χ3n) is 3.52. The molecule has 0 fully saturated rings. The van der Waals surface area contributed by atoms with Crippen LogP contribution in [0.4, 0.5) is 5.69 Å². The highest BCUT2D eigenvalue weighted by Crippen LogP contribution is 2.23. The van der Waals surface area contributed by atoms with Crippen molar-refractivity contribution in [2.45, 2.75) is 19.8 Å². The first-order valence-electron chi connectivity index (χ1n) is 7.90. The van der Waals surface area contributed by atoms with Crippen LogP contribution >= 0.6 is 0 Å². The van der Waals surface area contributed by atoms with Gasteiger partial charge in [0.15, 0.2) is 0 Å². The Hall–Kier alpha value is -2.69. The number of hydrogen-bond donors (Lipinski definition) is 1. The number of aryl methyl sites for hydroxylation is 1. The molecule has 0 saturated carbocycles. The molecule has 2 aromatic rings. The second kappa shape index (κ2) is 8.82. The molecule has 0 spiro atoms. The molecule has 0 saturated heterocycles. The van der Waals surface area contributed by atoms with Crippen molar-refractivity contribution in [1.29, 1.82) is 0 Å². The molecule has 0 amide bonds. The van der Waals surface area contributed by atoms with E-state index in [2.05, 4.69) is 4.74 Å². The molecular weight excluding hydrogens is 306 g/mol. The van der Waals surface area contributed by atoms with Gasteiger partial charge in [-0.1, -0.05) is 17.7 Å². The number of ether oxygens (including phenoxy) is 3. The van der Waals surface area contributed by atoms with Crippen LogP contribution in [0.15, 0.2) is 42.5 Å². The molecule has 0 bridgehead atoms. The van der Waals surface area contributed by atoms with Gasteiger partial charge in [0.05, 0.1) is 31.6 Å². The Morgan fingerprint density at radius 2 is 1.67 bits per heavy atom. The molecule has 5 heteroatoms. The summed E-state index contributed by atoms with van der Waals surface area (Å²) in [6.07, 6.45) is 1.69. The Labute approximate surface area is 142 Å². The normalized spacial score (nSPS) is 10.2. The van der Waals surface area contributed by atoms with Gasteiger partial charge in [-0.15, -0.1) is 0 Å². The quantitative estimate of drug-likeness (QED) is 0.455. The van der Waals surface area contributed by atoms with E-state index in [4.69, 9.17) is 15.2 Å². The lowest BCUT2D eigenvalue weighted by Crippen LogP contribution is -2.06. The number of benzene rings is 2. The SMILES string of the molecule is COC(=O)c1ccc(N)c(OCCCCOc2ccc(C)cc2)c1. The van der Waals surface area contributed by atoms with E-state index in [1.165, 1.54) is 12.7 Å². The molecule has 0 aliphatic carbocycles. The van der Waals surface area contributed by atoms with E-state index in [0.29, 0.717) is 30.2 Å². The Kier molecular flexibility index (Phi) is 6.49. The van der Waals surface area contributed by atoms with Crippen molar-refractivity contribution in [3.05, 3.63) is 53.6 Å². The van der Waals surface area contributed by atoms with Gasteiger partial charge in [0.25, 0.3) is 0 Å². The van der Waals surface area contributed by atoms with Crippen LogP contribution in [-0.2, 0) is 4.74 Å². The summed E-state index contributed by atoms with van der Waals surface area (Å²) >= 11 is 0. The predicted octanol–water partition coefficient (Wildman–Crippen LogP) is 3.60. The lowest BCUT2D eigenvalue weighted by Gasteiger charge is -2.10. The van der Waals surface area contributed by atoms with Crippen LogP contribution in [0.25, 0.3) is 0 Å². The van der Waals surface area contributed by atoms with E-state index in [0.717, 1.165) is 18.6 Å². The summed E-state index contributed by atoms with van der Waals surface area (Å²) in [6, 6.07) is 12.8. The van der Waals surface area contributed by atoms with Crippen molar-refractivity contribution < 1.29 is 19.0 Å². The molecule has 0 heterocycles. The number of carbonyl (C=O) groups excluding carboxylic acids is 1. The predicted molar refractivity (Wildman–Crippen MR) is 93.6 cm³/mol. The van der Waals surface area contributed by atoms with E-state index < -0.39 is 5.97 Å². The monoisotopic (exact) mass is 329 g/mol. The van der Waals surface area contributed by atoms with Crippen LogP contribution < -0.4 is 15.2 Å². The lowest BCUT2D eigenvalue weighted by atomic mass is 10.2. The fraction of sp³-hybridized carbons (Fsp3) is 0.316. The average molecular weight is 329 g/mol. The van der Waals surface area contributed by atoms with Gasteiger partial charge in [-0.25, -0.2) is 4.79 Å². The maximum absolute atomic E-state index is 11.5. The third kappa shape index (κ3) is 5.19. The smallest absolute Gasteiger partial charge is 0.337 e. The molecule has 0 radical (unpaired) electrons. The minimum atomic E-state index is -0.411. The highest BCUT2D eigenvalue weighted by Gasteiger charge is 2.09. The fourth-order valence-electron chi connectivity index (χ4n) is 2.11. The topological polar surface area (TPSA) is 70.8 Å². The van der Waals surface area contributed by atoms with Crippen LogP contribution in [0.3, 0.4) is 0 Å². The summed E-state index contributed by atoms with van der Waals surface area (Å²) in [6.45, 7) is 3.18. The zero-order valence-corrected chi connectivity index (χ0v) is 14.1. The molecular formula is C19H23NO4. The van der Waals surface area contributed by atoms with Crippen molar-refractivity contribution in [3.8, 4) is 11.5 Å². The average Bonchev–Trinajstić information content (AvgIpc) is 2.60. The van der Waals surface area contributed by atoms with Gasteiger partial charge >= 0.3 is 5.97 Å². The fourth-order valence-corrected chi connectivity index (χ4v) is 2.11. The largest absolute Gasteiger partial charge is 0.494 e. The van der Waals surface area contributed by atoms with Crippen LogP contribution in [-0.4, -0.2) is 26.3 Å². The number of esters is 1. The number of unbranched alkanes of at least 4 members (excludes halogenated alkanes) is 1. The summed E-state index contributed by atoms with van der Waals surface area (Å²) in [4.78, 5) is 11.5. The Bertz CT molecular complexity index is 668. The van der Waals surface area contributed by atoms with E-state index in [1.807, 2.05) is 31.2 Å². The molecule has 24 heavy (non-hydrogen) atoms. The molecule has 5 nitrogen and oxygen atoms in total. The van der Waals surface area contributed by atoms with E-state index in [-0.39, 0.29) is 0 Å². The van der Waals surface area contributed by atoms with Gasteiger partial charge in [-0.3, -0.25) is 0 Å². The van der Waals surface area contributed by atoms with Crippen LogP contribution in [0.5, 0.6) is 11.5 Å². The first-order chi connectivity index (χ1) is 11.6. The highest BCUT2D eigenvalue weighted by molar-refractivity contribution is 5.90. The molecule has 0 aromatic heterocycles. The molecule has 0 atom stereocenters. The summed E-state index contributed by atoms with van der Waals surface area (Å²) in [5.41, 5.74) is 7.99. The van der Waals surface area contributed by atoms with Crippen molar-refractivity contribution in [1.82, 2.24) is 0 Å². The minimum absolute atomic E-state index is 0.411. The molecule has 0 aliphatic heterocycles. The zero-order valence-electron chi connectivity index (χ0n) is 14.1. The van der Waals surface area contributed by atoms with Gasteiger partial charge in [0.1, 0.15) is 11.5 Å². The van der Waals surface area contributed by atoms with Crippen LogP contribution in [0.1, 0.15) is 28.8 Å². The van der Waals surface area contributed by atoms with Gasteiger partial charge < -0.3 is 19.9 Å². The van der Waals surface area contributed by atoms with E-state index >= 15 is 0 Å². The number of rotatable bonds is 8. The Balaban J connectivity index is 1.72. The Morgan fingerprint density at radius 1 is 1.00 bits per heavy atom. The summed E-state index contributed by atoms with van der Waals surface area (Å²) in [5.74, 6) is 0.959. The summed E-state index contributed by atoms with van der Waals surface area (Å²) in [7, 11) is 1.34. The molecule has 2 N–H and O–H groups in total. The van der Waals surface area contributed by atoms with Crippen LogP contribution in [0.2, 0.25) is 0 Å². The van der Waals surface area contributed by atoms with E-state index in [9.17, 15) is 4.79 Å². The molecule has 0 aliphatic rings. The highest BCUT2D eigenvalue weighted by atomic mass is 16.5. The number of anilines is 1. The van der Waals surface area contributed by atoms with Gasteiger partial charge in [-0.05, 0) is 50.1 Å². The maximum atomic E-state index is 11.5. The van der Waals surface area contributed by atoms with Crippen molar-refractivity contribution >= 4 is 11.7 Å². The van der Waals surface area contributed by atoms with Crippen molar-refractivity contribution in [2.75, 3.05) is 26.1 Å². The number of nitrogen functional groups attached to an aromatic ring is 1. The summed E-state index contributed by atoms with van der Waals surface area (Å²) in [5, 5.41) is 0. The number of nitrogens with two attached hydrogens (primary N) is 1. The maximum Gasteiger partial charge on any atom is 0.337 e. The number of methoxy groups -OCH3 is 1. The third-order valence-corrected chi connectivity index (χ3v) is 3.52. The van der Waals surface area contributed by atoms with Gasteiger partial charge in [0, 0.05) is 0 Å². The first-order valence-corrected chi connectivity index (χ1v) is 7.90. The number of carbonyl (C=O) groups is 1. The summed E-state index contributed by atoms with van der Waals surface area (Å²) < 4.78 is 16.0. The van der Waals surface area contributed by atoms with Crippen molar-refractivity contribution in [2.24, 2.45) is 0 Å². The molecule has 2 rings (SSSR count). The lowest BCUT2D eigenvalue weighted by molar-refractivity contribution is 0.0600. The zero-order chi connectivity index (χ0) is 17.4. The minimum Gasteiger partial charge on any atom is -0.494 e. The molecule has 0 unspecified atom stereocenters. The first kappa shape index (κ1) is 17.7.